The fourth-order valence-corrected chi connectivity index (χ4v) is 3.37. The molecule has 0 N–H and O–H groups in total. The molecule has 4 nitrogen and oxygen atoms in total. The van der Waals surface area contributed by atoms with Gasteiger partial charge in [-0.05, 0) is 24.5 Å². The maximum atomic E-state index is 12.4. The molecule has 1 saturated heterocycles. The van der Waals surface area contributed by atoms with Gasteiger partial charge in [0.15, 0.2) is 0 Å². The third-order valence-corrected chi connectivity index (χ3v) is 4.58. The summed E-state index contributed by atoms with van der Waals surface area (Å²) in [5.41, 5.74) is 0.969. The Morgan fingerprint density at radius 1 is 1.35 bits per heavy atom. The molecule has 0 aromatic heterocycles. The van der Waals surface area contributed by atoms with Gasteiger partial charge in [0.25, 0.3) is 5.91 Å². The highest BCUT2D eigenvalue weighted by Gasteiger charge is 2.31. The largest absolute Gasteiger partial charge is 0.466 e. The van der Waals surface area contributed by atoms with E-state index in [2.05, 4.69) is 0 Å². The minimum atomic E-state index is -0.225. The Kier molecular flexibility index (Phi) is 6.80. The standard InChI is InChI=1S/C17H19NO3S2/c1-2-11-21-15(19)9-6-10-18-16(20)14(23-17(18)22)12-13-7-4-3-5-8-13/h3-5,7-8,12H,2,6,9-11H2,1H3. The van der Waals surface area contributed by atoms with E-state index in [1.165, 1.54) is 11.8 Å². The van der Waals surface area contributed by atoms with Crippen LogP contribution in [0.4, 0.5) is 0 Å². The van der Waals surface area contributed by atoms with E-state index in [1.807, 2.05) is 43.3 Å². The summed E-state index contributed by atoms with van der Waals surface area (Å²) < 4.78 is 5.56. The first kappa shape index (κ1) is 17.7. The Labute approximate surface area is 145 Å². The number of thiocarbonyl (C=S) groups is 1. The number of rotatable bonds is 7. The van der Waals surface area contributed by atoms with Gasteiger partial charge in [-0.3, -0.25) is 14.5 Å². The van der Waals surface area contributed by atoms with Crippen LogP contribution in [-0.4, -0.2) is 34.2 Å². The number of carbonyl (C=O) groups excluding carboxylic acids is 2. The van der Waals surface area contributed by atoms with Gasteiger partial charge in [0.05, 0.1) is 11.5 Å². The molecule has 1 fully saturated rings. The van der Waals surface area contributed by atoms with E-state index in [1.54, 1.807) is 4.90 Å². The van der Waals surface area contributed by atoms with Crippen LogP contribution < -0.4 is 0 Å². The normalized spacial score (nSPS) is 16.2. The quantitative estimate of drug-likeness (QED) is 0.427. The van der Waals surface area contributed by atoms with Crippen LogP contribution in [0.5, 0.6) is 0 Å². The highest BCUT2D eigenvalue weighted by Crippen LogP contribution is 2.32. The third kappa shape index (κ3) is 5.18. The maximum Gasteiger partial charge on any atom is 0.305 e. The minimum absolute atomic E-state index is 0.0919. The summed E-state index contributed by atoms with van der Waals surface area (Å²) in [5, 5.41) is 0. The van der Waals surface area contributed by atoms with Gasteiger partial charge < -0.3 is 4.74 Å². The van der Waals surface area contributed by atoms with E-state index in [-0.39, 0.29) is 11.9 Å². The van der Waals surface area contributed by atoms with Crippen molar-refractivity contribution in [3.05, 3.63) is 40.8 Å². The molecule has 1 aliphatic rings. The van der Waals surface area contributed by atoms with Crippen molar-refractivity contribution in [3.63, 3.8) is 0 Å². The second-order valence-electron chi connectivity index (χ2n) is 5.07. The Morgan fingerprint density at radius 3 is 2.78 bits per heavy atom. The zero-order chi connectivity index (χ0) is 16.7. The number of carbonyl (C=O) groups is 2. The van der Waals surface area contributed by atoms with Crippen LogP contribution in [0.25, 0.3) is 6.08 Å². The molecule has 1 amide bonds. The maximum absolute atomic E-state index is 12.4. The van der Waals surface area contributed by atoms with Crippen molar-refractivity contribution in [2.75, 3.05) is 13.2 Å². The lowest BCUT2D eigenvalue weighted by atomic mass is 10.2. The minimum Gasteiger partial charge on any atom is -0.466 e. The topological polar surface area (TPSA) is 46.6 Å². The number of hydrogen-bond acceptors (Lipinski definition) is 5. The van der Waals surface area contributed by atoms with Gasteiger partial charge >= 0.3 is 5.97 Å². The van der Waals surface area contributed by atoms with Crippen molar-refractivity contribution in [1.82, 2.24) is 4.90 Å². The van der Waals surface area contributed by atoms with Gasteiger partial charge in [0, 0.05) is 13.0 Å². The first-order valence-corrected chi connectivity index (χ1v) is 8.80. The zero-order valence-corrected chi connectivity index (χ0v) is 14.6. The van der Waals surface area contributed by atoms with Crippen LogP contribution in [0.2, 0.25) is 0 Å². The van der Waals surface area contributed by atoms with Crippen LogP contribution >= 0.6 is 24.0 Å². The van der Waals surface area contributed by atoms with Gasteiger partial charge in [-0.1, -0.05) is 61.2 Å². The Balaban J connectivity index is 1.89. The highest BCUT2D eigenvalue weighted by atomic mass is 32.2. The van der Waals surface area contributed by atoms with Crippen molar-refractivity contribution in [1.29, 1.82) is 0 Å². The third-order valence-electron chi connectivity index (χ3n) is 3.20. The lowest BCUT2D eigenvalue weighted by Crippen LogP contribution is -2.29. The van der Waals surface area contributed by atoms with Gasteiger partial charge in [0.2, 0.25) is 0 Å². The SMILES string of the molecule is CCCOC(=O)CCCN1C(=O)C(=Cc2ccccc2)SC1=S. The van der Waals surface area contributed by atoms with Crippen LogP contribution in [0.15, 0.2) is 35.2 Å². The molecule has 0 saturated carbocycles. The smallest absolute Gasteiger partial charge is 0.305 e. The molecule has 6 heteroatoms. The van der Waals surface area contributed by atoms with Crippen molar-refractivity contribution < 1.29 is 14.3 Å². The molecule has 1 aromatic rings. The molecule has 1 aliphatic heterocycles. The van der Waals surface area contributed by atoms with E-state index < -0.39 is 0 Å². The lowest BCUT2D eigenvalue weighted by molar-refractivity contribution is -0.144. The number of esters is 1. The highest BCUT2D eigenvalue weighted by molar-refractivity contribution is 8.26. The van der Waals surface area contributed by atoms with Crippen LogP contribution in [0, 0.1) is 0 Å². The van der Waals surface area contributed by atoms with E-state index in [0.717, 1.165) is 12.0 Å². The molecular formula is C17H19NO3S2. The van der Waals surface area contributed by atoms with Crippen molar-refractivity contribution >= 4 is 46.3 Å². The number of benzene rings is 1. The second-order valence-corrected chi connectivity index (χ2v) is 6.74. The molecule has 0 unspecified atom stereocenters. The van der Waals surface area contributed by atoms with E-state index in [0.29, 0.717) is 35.2 Å². The first-order chi connectivity index (χ1) is 11.1. The van der Waals surface area contributed by atoms with Crippen LogP contribution in [0.3, 0.4) is 0 Å². The van der Waals surface area contributed by atoms with E-state index >= 15 is 0 Å². The van der Waals surface area contributed by atoms with E-state index in [9.17, 15) is 9.59 Å². The van der Waals surface area contributed by atoms with Gasteiger partial charge in [-0.2, -0.15) is 0 Å². The number of amides is 1. The molecule has 0 radical (unpaired) electrons. The molecule has 122 valence electrons. The fraction of sp³-hybridized carbons (Fsp3) is 0.353. The van der Waals surface area contributed by atoms with Crippen LogP contribution in [0.1, 0.15) is 31.7 Å². The van der Waals surface area contributed by atoms with Crippen LogP contribution in [-0.2, 0) is 14.3 Å². The predicted octanol–water partition coefficient (Wildman–Crippen LogP) is 3.62. The second kappa shape index (κ2) is 8.84. The summed E-state index contributed by atoms with van der Waals surface area (Å²) >= 11 is 6.57. The average molecular weight is 349 g/mol. The summed E-state index contributed by atoms with van der Waals surface area (Å²) in [6.07, 6.45) is 3.50. The van der Waals surface area contributed by atoms with Crippen molar-refractivity contribution in [2.45, 2.75) is 26.2 Å². The summed E-state index contributed by atoms with van der Waals surface area (Å²) in [6, 6.07) is 9.66. The van der Waals surface area contributed by atoms with Crippen molar-refractivity contribution in [3.8, 4) is 0 Å². The molecular weight excluding hydrogens is 330 g/mol. The van der Waals surface area contributed by atoms with E-state index in [4.69, 9.17) is 17.0 Å². The van der Waals surface area contributed by atoms with Gasteiger partial charge in [-0.25, -0.2) is 0 Å². The average Bonchev–Trinajstić information content (AvgIpc) is 2.81. The number of thioether (sulfide) groups is 1. The molecule has 23 heavy (non-hydrogen) atoms. The Hall–Kier alpha value is -1.66. The first-order valence-electron chi connectivity index (χ1n) is 7.58. The summed E-state index contributed by atoms with van der Waals surface area (Å²) in [6.45, 7) is 2.84. The molecule has 0 atom stereocenters. The zero-order valence-electron chi connectivity index (χ0n) is 13.0. The number of nitrogens with zero attached hydrogens (tertiary/aromatic N) is 1. The molecule has 1 heterocycles. The fourth-order valence-electron chi connectivity index (χ4n) is 2.06. The predicted molar refractivity (Wildman–Crippen MR) is 96.8 cm³/mol. The summed E-state index contributed by atoms with van der Waals surface area (Å²) in [4.78, 5) is 26.0. The molecule has 1 aromatic carbocycles. The monoisotopic (exact) mass is 349 g/mol. The summed E-state index contributed by atoms with van der Waals surface area (Å²) in [7, 11) is 0. The Bertz CT molecular complexity index is 614. The molecule has 2 rings (SSSR count). The number of hydrogen-bond donors (Lipinski definition) is 0. The molecule has 0 bridgehead atoms. The Morgan fingerprint density at radius 2 is 2.09 bits per heavy atom. The molecule has 0 spiro atoms. The number of ether oxygens (including phenoxy) is 1. The summed E-state index contributed by atoms with van der Waals surface area (Å²) in [5.74, 6) is -0.317. The van der Waals surface area contributed by atoms with Crippen molar-refractivity contribution in [2.24, 2.45) is 0 Å². The van der Waals surface area contributed by atoms with Gasteiger partial charge in [0.1, 0.15) is 4.32 Å². The molecule has 0 aliphatic carbocycles. The lowest BCUT2D eigenvalue weighted by Gasteiger charge is -2.13. The van der Waals surface area contributed by atoms with Gasteiger partial charge in [-0.15, -0.1) is 0 Å².